The third-order valence-electron chi connectivity index (χ3n) is 6.35. The van der Waals surface area contributed by atoms with E-state index in [2.05, 4.69) is 19.9 Å². The van der Waals surface area contributed by atoms with Crippen LogP contribution in [0.4, 0.5) is 0 Å². The van der Waals surface area contributed by atoms with Crippen LogP contribution < -0.4 is 4.74 Å². The van der Waals surface area contributed by atoms with E-state index >= 15 is 0 Å². The van der Waals surface area contributed by atoms with Crippen molar-refractivity contribution in [2.24, 2.45) is 0 Å². The molecule has 2 aromatic carbocycles. The first-order valence-electron chi connectivity index (χ1n) is 11.8. The maximum atomic E-state index is 10.1. The number of H-pyrrole nitrogens is 1. The number of nitrogens with one attached hydrogen (secondary N) is 1. The quantitative estimate of drug-likeness (QED) is 0.300. The highest BCUT2D eigenvalue weighted by Gasteiger charge is 2.31. The van der Waals surface area contributed by atoms with E-state index < -0.39 is 18.3 Å². The molecule has 1 fully saturated rings. The number of benzene rings is 2. The second-order valence-electron chi connectivity index (χ2n) is 8.82. The number of nitrogens with zero attached hydrogens (tertiary/aromatic N) is 3. The van der Waals surface area contributed by atoms with Gasteiger partial charge in [0.1, 0.15) is 18.5 Å². The summed E-state index contributed by atoms with van der Waals surface area (Å²) in [6.07, 6.45) is 1.71. The Balaban J connectivity index is 1.20. The van der Waals surface area contributed by atoms with Crippen molar-refractivity contribution in [2.45, 2.75) is 24.7 Å². The zero-order valence-electron chi connectivity index (χ0n) is 19.5. The van der Waals surface area contributed by atoms with Crippen molar-refractivity contribution in [1.82, 2.24) is 19.9 Å². The molecule has 10 heteroatoms. The Labute approximate surface area is 216 Å². The van der Waals surface area contributed by atoms with E-state index in [1.165, 1.54) is 0 Å². The zero-order chi connectivity index (χ0) is 25.4. The van der Waals surface area contributed by atoms with Crippen LogP contribution in [0.3, 0.4) is 0 Å². The highest BCUT2D eigenvalue weighted by Crippen LogP contribution is 2.32. The van der Waals surface area contributed by atoms with Crippen LogP contribution in [0.1, 0.15) is 6.42 Å². The van der Waals surface area contributed by atoms with Gasteiger partial charge in [-0.3, -0.25) is 0 Å². The van der Waals surface area contributed by atoms with Crippen LogP contribution >= 0.6 is 11.6 Å². The summed E-state index contributed by atoms with van der Waals surface area (Å²) in [6, 6.07) is 18.0. The number of hydrogen-bond donors (Lipinski definition) is 3. The molecule has 0 amide bonds. The molecule has 6 rings (SSSR count). The van der Waals surface area contributed by atoms with Crippen molar-refractivity contribution in [3.05, 3.63) is 72.1 Å². The van der Waals surface area contributed by atoms with Gasteiger partial charge in [-0.15, -0.1) is 0 Å². The minimum absolute atomic E-state index is 0.236. The summed E-state index contributed by atoms with van der Waals surface area (Å²) in [6.45, 7) is 0.00799. The summed E-state index contributed by atoms with van der Waals surface area (Å²) in [5.41, 5.74) is 5.60. The first kappa shape index (κ1) is 23.6. The van der Waals surface area contributed by atoms with E-state index in [4.69, 9.17) is 25.5 Å². The Morgan fingerprint density at radius 3 is 2.35 bits per heavy atom. The van der Waals surface area contributed by atoms with Crippen molar-refractivity contribution >= 4 is 22.8 Å². The van der Waals surface area contributed by atoms with Crippen LogP contribution in [-0.2, 0) is 4.74 Å². The molecule has 4 heterocycles. The van der Waals surface area contributed by atoms with Gasteiger partial charge in [-0.1, -0.05) is 48.0 Å². The fourth-order valence-electron chi connectivity index (χ4n) is 4.39. The lowest BCUT2D eigenvalue weighted by molar-refractivity contribution is -0.131. The van der Waals surface area contributed by atoms with Crippen molar-refractivity contribution in [3.63, 3.8) is 0 Å². The Bertz CT molecular complexity index is 1500. The molecule has 0 saturated carbocycles. The van der Waals surface area contributed by atoms with E-state index in [1.54, 1.807) is 18.5 Å². The summed E-state index contributed by atoms with van der Waals surface area (Å²) < 4.78 is 16.7. The second-order valence-corrected chi connectivity index (χ2v) is 9.23. The highest BCUT2D eigenvalue weighted by molar-refractivity contribution is 6.33. The molecule has 188 valence electrons. The smallest absolute Gasteiger partial charge is 0.296 e. The van der Waals surface area contributed by atoms with Crippen molar-refractivity contribution in [1.29, 1.82) is 0 Å². The number of ether oxygens (including phenoxy) is 2. The lowest BCUT2D eigenvalue weighted by Crippen LogP contribution is -2.45. The fraction of sp³-hybridized carbons (Fsp3) is 0.222. The molecule has 1 saturated heterocycles. The lowest BCUT2D eigenvalue weighted by Gasteiger charge is -2.31. The van der Waals surface area contributed by atoms with Gasteiger partial charge >= 0.3 is 0 Å². The maximum Gasteiger partial charge on any atom is 0.296 e. The largest absolute Gasteiger partial charge is 0.459 e. The number of rotatable bonds is 6. The molecule has 37 heavy (non-hydrogen) atoms. The third-order valence-corrected chi connectivity index (χ3v) is 6.64. The molecule has 0 radical (unpaired) electrons. The molecule has 5 aromatic rings. The highest BCUT2D eigenvalue weighted by atomic mass is 35.5. The van der Waals surface area contributed by atoms with Gasteiger partial charge in [0.25, 0.3) is 6.01 Å². The fourth-order valence-corrected chi connectivity index (χ4v) is 4.65. The summed E-state index contributed by atoms with van der Waals surface area (Å²) in [4.78, 5) is 16.3. The predicted molar refractivity (Wildman–Crippen MR) is 137 cm³/mol. The van der Waals surface area contributed by atoms with E-state index in [9.17, 15) is 10.2 Å². The van der Waals surface area contributed by atoms with Crippen LogP contribution in [0.15, 0.2) is 71.5 Å². The van der Waals surface area contributed by atoms with E-state index in [-0.39, 0.29) is 19.2 Å². The maximum absolute atomic E-state index is 10.1. The molecule has 0 bridgehead atoms. The van der Waals surface area contributed by atoms with Crippen LogP contribution in [0.5, 0.6) is 6.01 Å². The molecule has 0 aliphatic carbocycles. The first-order valence-corrected chi connectivity index (χ1v) is 12.2. The Morgan fingerprint density at radius 2 is 1.70 bits per heavy atom. The third kappa shape index (κ3) is 4.82. The molecule has 1 aliphatic heterocycles. The Kier molecular flexibility index (Phi) is 6.35. The number of aliphatic hydroxyl groups is 2. The molecule has 3 aromatic heterocycles. The minimum Gasteiger partial charge on any atom is -0.459 e. The predicted octanol–water partition coefficient (Wildman–Crippen LogP) is 4.49. The summed E-state index contributed by atoms with van der Waals surface area (Å²) in [5, 5.41) is 19.8. The molecular formula is C27H23ClN4O5. The number of hydrogen-bond acceptors (Lipinski definition) is 8. The van der Waals surface area contributed by atoms with Crippen molar-refractivity contribution in [3.8, 4) is 39.8 Å². The van der Waals surface area contributed by atoms with Gasteiger partial charge in [-0.05, 0) is 29.3 Å². The first-order chi connectivity index (χ1) is 18.1. The normalized spacial score (nSPS) is 19.8. The summed E-state index contributed by atoms with van der Waals surface area (Å²) in [7, 11) is 0. The van der Waals surface area contributed by atoms with Crippen LogP contribution in [0.2, 0.25) is 5.02 Å². The van der Waals surface area contributed by atoms with Gasteiger partial charge in [0.05, 0.1) is 41.7 Å². The van der Waals surface area contributed by atoms with Crippen LogP contribution in [-0.4, -0.2) is 61.7 Å². The van der Waals surface area contributed by atoms with E-state index in [0.717, 1.165) is 22.3 Å². The number of oxazole rings is 1. The summed E-state index contributed by atoms with van der Waals surface area (Å²) in [5.74, 6) is 0.588. The monoisotopic (exact) mass is 518 g/mol. The molecular weight excluding hydrogens is 496 g/mol. The minimum atomic E-state index is -0.804. The molecule has 3 N–H and O–H groups in total. The average molecular weight is 519 g/mol. The molecule has 1 aliphatic rings. The van der Waals surface area contributed by atoms with Gasteiger partial charge in [0, 0.05) is 17.5 Å². The van der Waals surface area contributed by atoms with Gasteiger partial charge in [0.15, 0.2) is 5.65 Å². The van der Waals surface area contributed by atoms with E-state index in [0.29, 0.717) is 34.2 Å². The van der Waals surface area contributed by atoms with Gasteiger partial charge in [-0.25, -0.2) is 9.97 Å². The second kappa shape index (κ2) is 9.95. The number of aliphatic hydroxyl groups excluding tert-OH is 2. The molecule has 3 atom stereocenters. The average Bonchev–Trinajstić information content (AvgIpc) is 3.59. The topological polar surface area (TPSA) is 127 Å². The Morgan fingerprint density at radius 1 is 1.00 bits per heavy atom. The number of fused-ring (bicyclic) bond motifs is 1. The van der Waals surface area contributed by atoms with Crippen molar-refractivity contribution < 1.29 is 24.1 Å². The Hall–Kier alpha value is -3.76. The van der Waals surface area contributed by atoms with Gasteiger partial charge < -0.3 is 29.1 Å². The SMILES string of the molecule is OCC1OCC(Oc2nc3nc(-c4ccc(-c5ccc(-c6ncco6)cc5)cc4)c(Cl)cc3[nH]2)CC1O. The molecule has 3 unspecified atom stereocenters. The van der Waals surface area contributed by atoms with E-state index in [1.807, 2.05) is 48.5 Å². The van der Waals surface area contributed by atoms with Crippen LogP contribution in [0.25, 0.3) is 45.0 Å². The standard InChI is InChI=1S/C27H23ClN4O5/c28-20-12-21-25(32-27(30-21)37-19-11-22(34)23(13-33)36-14-19)31-24(20)17-5-1-15(2-6-17)16-3-7-18(8-4-16)26-29-9-10-35-26/h1-10,12,19,22-23,33-34H,11,13-14H2,(H,30,31,32). The molecule has 9 nitrogen and oxygen atoms in total. The number of aromatic nitrogens is 4. The number of aromatic amines is 1. The van der Waals surface area contributed by atoms with Crippen LogP contribution in [0, 0.1) is 0 Å². The lowest BCUT2D eigenvalue weighted by atomic mass is 10.0. The number of imidazole rings is 1. The van der Waals surface area contributed by atoms with Gasteiger partial charge in [-0.2, -0.15) is 4.98 Å². The summed E-state index contributed by atoms with van der Waals surface area (Å²) >= 11 is 6.57. The molecule has 0 spiro atoms. The van der Waals surface area contributed by atoms with Crippen molar-refractivity contribution in [2.75, 3.05) is 13.2 Å². The number of halogens is 1. The zero-order valence-corrected chi connectivity index (χ0v) is 20.3. The number of pyridine rings is 1. The van der Waals surface area contributed by atoms with Gasteiger partial charge in [0.2, 0.25) is 5.89 Å².